The third kappa shape index (κ3) is 2.87. The number of fused-ring (bicyclic) bond motifs is 1. The van der Waals surface area contributed by atoms with Crippen molar-refractivity contribution in [1.29, 1.82) is 0 Å². The third-order valence-corrected chi connectivity index (χ3v) is 2.93. The zero-order valence-electron chi connectivity index (χ0n) is 10.8. The summed E-state index contributed by atoms with van der Waals surface area (Å²) in [5.74, 6) is -0.985. The molecule has 0 aliphatic heterocycles. The fourth-order valence-corrected chi connectivity index (χ4v) is 1.88. The maximum absolute atomic E-state index is 12.1. The van der Waals surface area contributed by atoms with Crippen molar-refractivity contribution in [2.45, 2.75) is 13.8 Å². The van der Waals surface area contributed by atoms with Gasteiger partial charge in [-0.25, -0.2) is 4.52 Å². The van der Waals surface area contributed by atoms with Crippen LogP contribution in [0.1, 0.15) is 24.3 Å². The minimum atomic E-state index is -0.518. The van der Waals surface area contributed by atoms with Gasteiger partial charge in [0.05, 0.1) is 0 Å². The summed E-state index contributed by atoms with van der Waals surface area (Å²) in [5, 5.41) is 3.93. The van der Waals surface area contributed by atoms with Gasteiger partial charge >= 0.3 is 0 Å². The van der Waals surface area contributed by atoms with Crippen molar-refractivity contribution >= 4 is 39.3 Å². The first kappa shape index (κ1) is 14.3. The molecule has 0 saturated carbocycles. The van der Waals surface area contributed by atoms with E-state index < -0.39 is 5.91 Å². The number of hydrazine groups is 1. The molecular weight excluding hydrogens is 328 g/mol. The van der Waals surface area contributed by atoms with Crippen LogP contribution in [-0.4, -0.2) is 26.4 Å². The molecule has 2 aromatic rings. The molecule has 2 rings (SSSR count). The Kier molecular flexibility index (Phi) is 3.89. The van der Waals surface area contributed by atoms with Crippen molar-refractivity contribution in [3.63, 3.8) is 0 Å². The lowest BCUT2D eigenvalue weighted by molar-refractivity contribution is -0.124. The summed E-state index contributed by atoms with van der Waals surface area (Å²) in [5.41, 5.74) is 10.8. The Morgan fingerprint density at radius 1 is 1.35 bits per heavy atom. The predicted molar refractivity (Wildman–Crippen MR) is 75.5 cm³/mol. The van der Waals surface area contributed by atoms with Gasteiger partial charge in [-0.3, -0.25) is 20.4 Å². The Bertz CT molecular complexity index is 681. The van der Waals surface area contributed by atoms with Crippen molar-refractivity contribution in [3.8, 4) is 0 Å². The summed E-state index contributed by atoms with van der Waals surface area (Å²) in [6, 6.07) is 3.23. The Balaban J connectivity index is 2.27. The molecule has 0 saturated heterocycles. The van der Waals surface area contributed by atoms with E-state index in [1.807, 2.05) is 0 Å². The minimum Gasteiger partial charge on any atom is -0.366 e. The van der Waals surface area contributed by atoms with Gasteiger partial charge < -0.3 is 5.73 Å². The largest absolute Gasteiger partial charge is 0.366 e. The number of aromatic nitrogens is 3. The highest BCUT2D eigenvalue weighted by Gasteiger charge is 2.15. The number of pyridine rings is 1. The lowest BCUT2D eigenvalue weighted by Gasteiger charge is -2.10. The molecule has 0 fully saturated rings. The van der Waals surface area contributed by atoms with Crippen LogP contribution in [0.2, 0.25) is 0 Å². The topological polar surface area (TPSA) is 114 Å². The van der Waals surface area contributed by atoms with E-state index in [0.29, 0.717) is 10.1 Å². The van der Waals surface area contributed by atoms with E-state index in [9.17, 15) is 9.59 Å². The molecule has 9 heteroatoms. The van der Waals surface area contributed by atoms with Crippen LogP contribution in [0, 0.1) is 5.92 Å². The smallest absolute Gasteiger partial charge is 0.288 e. The van der Waals surface area contributed by atoms with Crippen LogP contribution in [0.15, 0.2) is 16.6 Å². The molecule has 4 N–H and O–H groups in total. The number of carbonyl (C=O) groups is 2. The highest BCUT2D eigenvalue weighted by Crippen LogP contribution is 2.16. The average molecular weight is 341 g/mol. The fourth-order valence-electron chi connectivity index (χ4n) is 1.46. The van der Waals surface area contributed by atoms with Crippen LogP contribution in [0.25, 0.3) is 5.65 Å². The molecule has 0 atom stereocenters. The van der Waals surface area contributed by atoms with Gasteiger partial charge in [-0.2, -0.15) is 4.98 Å². The number of nitrogens with zero attached hydrogens (tertiary/aromatic N) is 3. The summed E-state index contributed by atoms with van der Waals surface area (Å²) in [7, 11) is 0. The Morgan fingerprint density at radius 2 is 2.05 bits per heavy atom. The first-order chi connectivity index (χ1) is 9.38. The van der Waals surface area contributed by atoms with E-state index >= 15 is 0 Å². The van der Waals surface area contributed by atoms with Gasteiger partial charge in [0, 0.05) is 10.4 Å². The molecule has 0 bridgehead atoms. The second kappa shape index (κ2) is 5.45. The van der Waals surface area contributed by atoms with Gasteiger partial charge in [-0.15, -0.1) is 5.10 Å². The SMILES string of the molecule is CC(C)C(=O)NNC(=O)c1cc(Br)cc2nc(N)nn12. The number of anilines is 1. The molecule has 0 aliphatic carbocycles. The Morgan fingerprint density at radius 3 is 2.70 bits per heavy atom. The molecular formula is C11H13BrN6O2. The summed E-state index contributed by atoms with van der Waals surface area (Å²) >= 11 is 3.27. The summed E-state index contributed by atoms with van der Waals surface area (Å²) in [4.78, 5) is 27.5. The van der Waals surface area contributed by atoms with Crippen LogP contribution in [0.5, 0.6) is 0 Å². The van der Waals surface area contributed by atoms with Crippen LogP contribution >= 0.6 is 15.9 Å². The zero-order valence-corrected chi connectivity index (χ0v) is 12.4. The average Bonchev–Trinajstić information content (AvgIpc) is 2.74. The van der Waals surface area contributed by atoms with Crippen molar-refractivity contribution in [3.05, 3.63) is 22.3 Å². The number of nitrogens with one attached hydrogen (secondary N) is 2. The summed E-state index contributed by atoms with van der Waals surface area (Å²) in [6.45, 7) is 3.44. The number of amides is 2. The van der Waals surface area contributed by atoms with Crippen molar-refractivity contribution in [2.24, 2.45) is 5.92 Å². The number of nitrogens with two attached hydrogens (primary N) is 1. The fraction of sp³-hybridized carbons (Fsp3) is 0.273. The second-order valence-electron chi connectivity index (χ2n) is 4.40. The molecule has 0 unspecified atom stereocenters. The van der Waals surface area contributed by atoms with Gasteiger partial charge in [0.1, 0.15) is 5.69 Å². The van der Waals surface area contributed by atoms with Crippen LogP contribution in [0.3, 0.4) is 0 Å². The van der Waals surface area contributed by atoms with Crippen molar-refractivity contribution in [2.75, 3.05) is 5.73 Å². The Hall–Kier alpha value is -2.16. The number of rotatable bonds is 2. The maximum Gasteiger partial charge on any atom is 0.288 e. The molecule has 2 aromatic heterocycles. The molecule has 0 aliphatic rings. The predicted octanol–water partition coefficient (Wildman–Crippen LogP) is 0.491. The lowest BCUT2D eigenvalue weighted by Crippen LogP contribution is -2.44. The molecule has 2 amide bonds. The van der Waals surface area contributed by atoms with Crippen molar-refractivity contribution < 1.29 is 9.59 Å². The highest BCUT2D eigenvalue weighted by atomic mass is 79.9. The van der Waals surface area contributed by atoms with E-state index in [4.69, 9.17) is 5.73 Å². The lowest BCUT2D eigenvalue weighted by atomic mass is 10.2. The minimum absolute atomic E-state index is 0.0587. The van der Waals surface area contributed by atoms with Gasteiger partial charge in [-0.05, 0) is 12.1 Å². The van der Waals surface area contributed by atoms with E-state index in [1.165, 1.54) is 4.52 Å². The molecule has 106 valence electrons. The van der Waals surface area contributed by atoms with E-state index in [0.717, 1.165) is 0 Å². The zero-order chi connectivity index (χ0) is 14.9. The molecule has 0 spiro atoms. The first-order valence-corrected chi connectivity index (χ1v) is 6.60. The molecule has 20 heavy (non-hydrogen) atoms. The van der Waals surface area contributed by atoms with E-state index in [2.05, 4.69) is 36.9 Å². The summed E-state index contributed by atoms with van der Waals surface area (Å²) < 4.78 is 1.95. The number of hydrogen-bond acceptors (Lipinski definition) is 5. The molecule has 8 nitrogen and oxygen atoms in total. The monoisotopic (exact) mass is 340 g/mol. The van der Waals surface area contributed by atoms with Gasteiger partial charge in [0.2, 0.25) is 11.9 Å². The number of carbonyl (C=O) groups excluding carboxylic acids is 2. The molecule has 0 aromatic carbocycles. The van der Waals surface area contributed by atoms with Crippen LogP contribution in [0.4, 0.5) is 5.95 Å². The maximum atomic E-state index is 12.1. The second-order valence-corrected chi connectivity index (χ2v) is 5.31. The molecule has 0 radical (unpaired) electrons. The van der Waals surface area contributed by atoms with Crippen LogP contribution < -0.4 is 16.6 Å². The summed E-state index contributed by atoms with van der Waals surface area (Å²) in [6.07, 6.45) is 0. The van der Waals surface area contributed by atoms with Gasteiger partial charge in [-0.1, -0.05) is 29.8 Å². The number of halogens is 1. The highest BCUT2D eigenvalue weighted by molar-refractivity contribution is 9.10. The Labute approximate surface area is 122 Å². The molecule has 2 heterocycles. The van der Waals surface area contributed by atoms with Gasteiger partial charge in [0.15, 0.2) is 5.65 Å². The number of nitrogen functional groups attached to an aromatic ring is 1. The van der Waals surface area contributed by atoms with Crippen LogP contribution in [-0.2, 0) is 4.79 Å². The van der Waals surface area contributed by atoms with E-state index in [1.54, 1.807) is 26.0 Å². The van der Waals surface area contributed by atoms with Crippen molar-refractivity contribution in [1.82, 2.24) is 25.4 Å². The third-order valence-electron chi connectivity index (χ3n) is 2.47. The quantitative estimate of drug-likeness (QED) is 0.688. The first-order valence-electron chi connectivity index (χ1n) is 5.80. The number of hydrogen-bond donors (Lipinski definition) is 3. The van der Waals surface area contributed by atoms with E-state index in [-0.39, 0.29) is 23.5 Å². The standard InChI is InChI=1S/C11H13BrN6O2/c1-5(2)9(19)15-16-10(20)7-3-6(12)4-8-14-11(13)17-18(7)8/h3-5H,1-2H3,(H2,13,17)(H,15,19)(H,16,20). The van der Waals surface area contributed by atoms with Gasteiger partial charge in [0.25, 0.3) is 5.91 Å². The normalized spacial score (nSPS) is 10.8.